The molecule has 11 atom stereocenters. The molecule has 1 aliphatic carbocycles. The summed E-state index contributed by atoms with van der Waals surface area (Å²) >= 11 is 0. The first kappa shape index (κ1) is 31.4. The number of allylic oxidation sites excluding steroid dienone is 5. The van der Waals surface area contributed by atoms with Crippen LogP contribution in [0.2, 0.25) is 0 Å². The number of hydrogen-bond donors (Lipinski definition) is 3. The highest BCUT2D eigenvalue weighted by Crippen LogP contribution is 2.47. The summed E-state index contributed by atoms with van der Waals surface area (Å²) in [6, 6.07) is 0. The first-order chi connectivity index (χ1) is 19.9. The lowest BCUT2D eigenvalue weighted by Crippen LogP contribution is -2.59. The quantitative estimate of drug-likeness (QED) is 0.306. The first-order valence-electron chi connectivity index (χ1n) is 15.5. The van der Waals surface area contributed by atoms with Crippen molar-refractivity contribution in [1.82, 2.24) is 0 Å². The Labute approximate surface area is 249 Å². The number of carbonyl (C=O) groups is 1. The van der Waals surface area contributed by atoms with E-state index in [9.17, 15) is 20.1 Å². The van der Waals surface area contributed by atoms with E-state index in [1.807, 2.05) is 39.0 Å². The molecule has 42 heavy (non-hydrogen) atoms. The average Bonchev–Trinajstić information content (AvgIpc) is 3.27. The fraction of sp³-hybridized carbons (Fsp3) is 0.676. The Bertz CT molecular complexity index is 1200. The zero-order chi connectivity index (χ0) is 30.4. The second-order valence-corrected chi connectivity index (χ2v) is 13.3. The van der Waals surface area contributed by atoms with Crippen molar-refractivity contribution in [2.45, 2.75) is 122 Å². The van der Waals surface area contributed by atoms with Crippen LogP contribution in [0.25, 0.3) is 0 Å². The number of fused-ring (bicyclic) bond motifs is 2. The number of carbonyl (C=O) groups excluding carboxylic acids is 1. The molecule has 0 saturated carbocycles. The molecule has 4 heterocycles. The summed E-state index contributed by atoms with van der Waals surface area (Å²) in [4.78, 5) is 14.0. The van der Waals surface area contributed by atoms with E-state index in [0.29, 0.717) is 24.0 Å². The van der Waals surface area contributed by atoms with Gasteiger partial charge < -0.3 is 34.3 Å². The highest BCUT2D eigenvalue weighted by molar-refractivity contribution is 5.78. The number of aliphatic hydroxyl groups is 3. The Kier molecular flexibility index (Phi) is 9.06. The maximum atomic E-state index is 14.0. The zero-order valence-electron chi connectivity index (χ0n) is 25.8. The third-order valence-corrected chi connectivity index (χ3v) is 9.97. The van der Waals surface area contributed by atoms with E-state index in [0.717, 1.165) is 12.0 Å². The molecule has 2 bridgehead atoms. The van der Waals surface area contributed by atoms with Gasteiger partial charge in [0.05, 0.1) is 24.9 Å². The van der Waals surface area contributed by atoms with Gasteiger partial charge in [0.2, 0.25) is 0 Å². The summed E-state index contributed by atoms with van der Waals surface area (Å²) in [6.45, 7) is 12.0. The van der Waals surface area contributed by atoms with Crippen molar-refractivity contribution in [1.29, 1.82) is 0 Å². The van der Waals surface area contributed by atoms with Crippen molar-refractivity contribution in [3.8, 4) is 0 Å². The smallest absolute Gasteiger partial charge is 0.316 e. The lowest BCUT2D eigenvalue weighted by atomic mass is 9.71. The topological polar surface area (TPSA) is 115 Å². The van der Waals surface area contributed by atoms with Gasteiger partial charge in [-0.2, -0.15) is 0 Å². The van der Waals surface area contributed by atoms with E-state index in [1.165, 1.54) is 5.57 Å². The van der Waals surface area contributed by atoms with Crippen molar-refractivity contribution in [3.63, 3.8) is 0 Å². The van der Waals surface area contributed by atoms with Crippen LogP contribution in [0.5, 0.6) is 0 Å². The molecule has 232 valence electrons. The summed E-state index contributed by atoms with van der Waals surface area (Å²) in [5.74, 6) is -2.61. The Morgan fingerprint density at radius 1 is 1.12 bits per heavy atom. The van der Waals surface area contributed by atoms with Crippen LogP contribution in [0.15, 0.2) is 58.7 Å². The van der Waals surface area contributed by atoms with E-state index in [2.05, 4.69) is 26.0 Å². The van der Waals surface area contributed by atoms with Gasteiger partial charge in [0.25, 0.3) is 0 Å². The zero-order valence-corrected chi connectivity index (χ0v) is 25.8. The molecular weight excluding hydrogens is 536 g/mol. The van der Waals surface area contributed by atoms with Gasteiger partial charge in [0.15, 0.2) is 5.79 Å². The van der Waals surface area contributed by atoms with E-state index in [1.54, 1.807) is 13.0 Å². The third-order valence-electron chi connectivity index (χ3n) is 9.97. The van der Waals surface area contributed by atoms with Crippen LogP contribution in [0.4, 0.5) is 0 Å². The van der Waals surface area contributed by atoms with Crippen LogP contribution < -0.4 is 0 Å². The predicted molar refractivity (Wildman–Crippen MR) is 158 cm³/mol. The second-order valence-electron chi connectivity index (χ2n) is 13.3. The Morgan fingerprint density at radius 3 is 2.62 bits per heavy atom. The minimum Gasteiger partial charge on any atom is -0.462 e. The van der Waals surface area contributed by atoms with Crippen molar-refractivity contribution in [2.24, 2.45) is 17.8 Å². The van der Waals surface area contributed by atoms with Crippen LogP contribution in [-0.2, 0) is 23.7 Å². The number of esters is 1. The van der Waals surface area contributed by atoms with E-state index >= 15 is 0 Å². The summed E-state index contributed by atoms with van der Waals surface area (Å²) in [5.41, 5.74) is 1.61. The molecule has 0 aromatic carbocycles. The predicted octanol–water partition coefficient (Wildman–Crippen LogP) is 4.45. The monoisotopic (exact) mass is 584 g/mol. The van der Waals surface area contributed by atoms with Gasteiger partial charge in [-0.25, -0.2) is 0 Å². The fourth-order valence-electron chi connectivity index (χ4n) is 7.39. The third kappa shape index (κ3) is 5.86. The summed E-state index contributed by atoms with van der Waals surface area (Å²) in [5, 5.41) is 34.1. The van der Waals surface area contributed by atoms with Gasteiger partial charge in [-0.15, -0.1) is 0 Å². The molecule has 0 unspecified atom stereocenters. The van der Waals surface area contributed by atoms with Crippen molar-refractivity contribution in [3.05, 3.63) is 58.7 Å². The molecule has 3 fully saturated rings. The largest absolute Gasteiger partial charge is 0.462 e. The maximum absolute atomic E-state index is 14.0. The molecule has 3 N–H and O–H groups in total. The summed E-state index contributed by atoms with van der Waals surface area (Å²) in [6.07, 6.45) is 10.3. The first-order valence-corrected chi connectivity index (χ1v) is 15.5. The highest BCUT2D eigenvalue weighted by Gasteiger charge is 2.60. The van der Waals surface area contributed by atoms with Crippen molar-refractivity contribution in [2.75, 3.05) is 6.61 Å². The molecule has 8 nitrogen and oxygen atoms in total. The number of ether oxygens (including phenoxy) is 4. The number of aliphatic hydroxyl groups excluding tert-OH is 2. The Hall–Kier alpha value is -2.07. The lowest BCUT2D eigenvalue weighted by molar-refractivity contribution is -0.342. The molecule has 0 aromatic heterocycles. The van der Waals surface area contributed by atoms with Gasteiger partial charge in [-0.1, -0.05) is 55.9 Å². The van der Waals surface area contributed by atoms with Crippen LogP contribution in [0, 0.1) is 17.8 Å². The van der Waals surface area contributed by atoms with Gasteiger partial charge in [0.1, 0.15) is 29.8 Å². The van der Waals surface area contributed by atoms with Gasteiger partial charge in [-0.3, -0.25) is 4.79 Å². The molecule has 3 saturated heterocycles. The molecule has 0 radical (unpaired) electrons. The van der Waals surface area contributed by atoms with E-state index in [4.69, 9.17) is 18.9 Å². The fourth-order valence-corrected chi connectivity index (χ4v) is 7.39. The van der Waals surface area contributed by atoms with E-state index in [-0.39, 0.29) is 43.5 Å². The molecule has 0 aromatic rings. The van der Waals surface area contributed by atoms with Crippen LogP contribution >= 0.6 is 0 Å². The minimum atomic E-state index is -1.74. The Balaban J connectivity index is 1.53. The maximum Gasteiger partial charge on any atom is 0.316 e. The number of rotatable bonds is 1. The molecule has 8 heteroatoms. The minimum absolute atomic E-state index is 0.110. The lowest BCUT2D eigenvalue weighted by Gasteiger charge is -2.51. The molecular formula is C34H48O8. The Morgan fingerprint density at radius 2 is 1.88 bits per heavy atom. The molecule has 5 rings (SSSR count). The standard InChI is InChI=1S/C34H48O8/c1-7-21(4)30-23(6)28(35)17-33(42-30)16-26-15-25(41-33)12-11-20(3)13-19(2)9-8-10-24-18-39-31-29(36)22(5)14-27(32(37)40-26)34(24,31)38/h7-11,14,19,23,25-31,35-36,38H,12-13,15-18H2,1-6H3/b9-8?,20-11?,21-7+,24-10?/t19-,23-,25+,26-,27-,28-,29+,30+,31+,33-,34+/m0/s1. The molecule has 1 spiro atoms. The summed E-state index contributed by atoms with van der Waals surface area (Å²) < 4.78 is 25.5. The van der Waals surface area contributed by atoms with Crippen LogP contribution in [0.3, 0.4) is 0 Å². The SMILES string of the molecule is C/C=C(\C)[C@H]1O[C@@]2(C[C@@H]3C[C@@H](CC=C(C)C[C@@H](C)C=CC=C4CO[C@@H]5[C@H](O)C(C)=C[C@@H](C(=O)O3)[C@]45O)O2)C[C@H](O)[C@@H]1C. The van der Waals surface area contributed by atoms with E-state index < -0.39 is 47.7 Å². The highest BCUT2D eigenvalue weighted by atomic mass is 16.7. The molecule has 4 aliphatic heterocycles. The van der Waals surface area contributed by atoms with Gasteiger partial charge in [-0.05, 0) is 63.2 Å². The number of hydrogen-bond acceptors (Lipinski definition) is 8. The normalized spacial score (nSPS) is 45.1. The average molecular weight is 585 g/mol. The van der Waals surface area contributed by atoms with Crippen molar-refractivity contribution >= 4 is 5.97 Å². The summed E-state index contributed by atoms with van der Waals surface area (Å²) in [7, 11) is 0. The van der Waals surface area contributed by atoms with Gasteiger partial charge in [0, 0.05) is 25.2 Å². The molecule has 5 aliphatic rings. The van der Waals surface area contributed by atoms with Crippen LogP contribution in [-0.4, -0.2) is 75.9 Å². The van der Waals surface area contributed by atoms with Gasteiger partial charge >= 0.3 is 5.97 Å². The van der Waals surface area contributed by atoms with Crippen molar-refractivity contribution < 1.29 is 39.1 Å². The molecule has 0 amide bonds. The van der Waals surface area contributed by atoms with Crippen LogP contribution in [0.1, 0.15) is 73.6 Å². The second kappa shape index (κ2) is 12.1.